The molecule has 0 saturated carbocycles. The van der Waals surface area contributed by atoms with Gasteiger partial charge in [0.15, 0.2) is 0 Å². The Morgan fingerprint density at radius 1 is 1.09 bits per heavy atom. The zero-order valence-electron chi connectivity index (χ0n) is 14.3. The Kier molecular flexibility index (Phi) is 5.06. The van der Waals surface area contributed by atoms with Crippen molar-refractivity contribution >= 4 is 17.3 Å². The number of para-hydroxylation sites is 1. The molecule has 1 aromatic rings. The van der Waals surface area contributed by atoms with Gasteiger partial charge in [-0.25, -0.2) is 0 Å². The second-order valence-corrected chi connectivity index (χ2v) is 6.48. The van der Waals surface area contributed by atoms with Crippen molar-refractivity contribution in [3.63, 3.8) is 0 Å². The Morgan fingerprint density at radius 3 is 2.30 bits per heavy atom. The van der Waals surface area contributed by atoms with E-state index in [1.165, 1.54) is 31.4 Å². The molecular weight excluding hydrogens is 290 g/mol. The Labute approximate surface area is 138 Å². The van der Waals surface area contributed by atoms with Crippen molar-refractivity contribution in [2.24, 2.45) is 0 Å². The van der Waals surface area contributed by atoms with Crippen molar-refractivity contribution in [3.05, 3.63) is 23.8 Å². The molecule has 0 unspecified atom stereocenters. The third-order valence-corrected chi connectivity index (χ3v) is 4.78. The first-order chi connectivity index (χ1) is 11.2. The standard InChI is InChI=1S/C18H27N3O2/c1-19(14-23-2)18(22)15-8-7-9-16(20-10-3-4-11-20)17(15)21-12-5-6-13-21/h7-9H,3-6,10-14H2,1-2H3. The van der Waals surface area contributed by atoms with E-state index < -0.39 is 0 Å². The topological polar surface area (TPSA) is 36.0 Å². The number of hydrogen-bond donors (Lipinski definition) is 0. The normalized spacial score (nSPS) is 17.8. The smallest absolute Gasteiger partial charge is 0.257 e. The summed E-state index contributed by atoms with van der Waals surface area (Å²) in [6.07, 6.45) is 4.88. The lowest BCUT2D eigenvalue weighted by Crippen LogP contribution is -2.32. The molecule has 1 amide bonds. The van der Waals surface area contributed by atoms with Crippen LogP contribution in [0, 0.1) is 0 Å². The first-order valence-electron chi connectivity index (χ1n) is 8.59. The molecule has 0 aliphatic carbocycles. The fourth-order valence-corrected chi connectivity index (χ4v) is 3.65. The van der Waals surface area contributed by atoms with Gasteiger partial charge in [0.2, 0.25) is 0 Å². The number of amides is 1. The van der Waals surface area contributed by atoms with Gasteiger partial charge in [-0.15, -0.1) is 0 Å². The van der Waals surface area contributed by atoms with Crippen LogP contribution >= 0.6 is 0 Å². The molecule has 2 fully saturated rings. The van der Waals surface area contributed by atoms with Crippen molar-refractivity contribution < 1.29 is 9.53 Å². The zero-order chi connectivity index (χ0) is 16.2. The Morgan fingerprint density at radius 2 is 1.70 bits per heavy atom. The quantitative estimate of drug-likeness (QED) is 0.782. The maximum atomic E-state index is 12.9. The van der Waals surface area contributed by atoms with Crippen LogP contribution in [0.5, 0.6) is 0 Å². The lowest BCUT2D eigenvalue weighted by molar-refractivity contribution is 0.0508. The molecule has 2 heterocycles. The Hall–Kier alpha value is -1.75. The van der Waals surface area contributed by atoms with E-state index in [4.69, 9.17) is 4.74 Å². The predicted molar refractivity (Wildman–Crippen MR) is 93.3 cm³/mol. The molecule has 1 aromatic carbocycles. The molecule has 23 heavy (non-hydrogen) atoms. The summed E-state index contributed by atoms with van der Waals surface area (Å²) >= 11 is 0. The second kappa shape index (κ2) is 7.21. The van der Waals surface area contributed by atoms with E-state index in [9.17, 15) is 4.79 Å². The van der Waals surface area contributed by atoms with Crippen molar-refractivity contribution in [3.8, 4) is 0 Å². The summed E-state index contributed by atoms with van der Waals surface area (Å²) in [6.45, 7) is 4.57. The van der Waals surface area contributed by atoms with Gasteiger partial charge in [-0.2, -0.15) is 0 Å². The summed E-state index contributed by atoms with van der Waals surface area (Å²) in [5.74, 6) is 0.0368. The highest BCUT2D eigenvalue weighted by atomic mass is 16.5. The van der Waals surface area contributed by atoms with Crippen molar-refractivity contribution in [2.45, 2.75) is 25.7 Å². The number of nitrogens with zero attached hydrogens (tertiary/aromatic N) is 3. The molecule has 0 N–H and O–H groups in total. The minimum absolute atomic E-state index is 0.0368. The molecule has 0 atom stereocenters. The van der Waals surface area contributed by atoms with Gasteiger partial charge in [-0.05, 0) is 37.8 Å². The largest absolute Gasteiger partial charge is 0.370 e. The highest BCUT2D eigenvalue weighted by molar-refractivity contribution is 6.02. The van der Waals surface area contributed by atoms with E-state index in [0.717, 1.165) is 37.4 Å². The molecule has 0 spiro atoms. The average Bonchev–Trinajstić information content (AvgIpc) is 3.27. The van der Waals surface area contributed by atoms with Crippen molar-refractivity contribution in [1.82, 2.24) is 4.90 Å². The van der Waals surface area contributed by atoms with Crippen molar-refractivity contribution in [1.29, 1.82) is 0 Å². The zero-order valence-corrected chi connectivity index (χ0v) is 14.3. The van der Waals surface area contributed by atoms with Gasteiger partial charge in [0.25, 0.3) is 5.91 Å². The van der Waals surface area contributed by atoms with E-state index >= 15 is 0 Å². The third-order valence-electron chi connectivity index (χ3n) is 4.78. The van der Waals surface area contributed by atoms with Crippen LogP contribution in [0.1, 0.15) is 36.0 Å². The van der Waals surface area contributed by atoms with Crippen LogP contribution in [-0.2, 0) is 4.74 Å². The molecular formula is C18H27N3O2. The fourth-order valence-electron chi connectivity index (χ4n) is 3.65. The van der Waals surface area contributed by atoms with Crippen LogP contribution < -0.4 is 9.80 Å². The van der Waals surface area contributed by atoms with Gasteiger partial charge < -0.3 is 19.4 Å². The average molecular weight is 317 g/mol. The minimum Gasteiger partial charge on any atom is -0.370 e. The van der Waals surface area contributed by atoms with Gasteiger partial charge in [0.05, 0.1) is 16.9 Å². The highest BCUT2D eigenvalue weighted by Gasteiger charge is 2.27. The lowest BCUT2D eigenvalue weighted by atomic mass is 10.1. The summed E-state index contributed by atoms with van der Waals surface area (Å²) < 4.78 is 5.12. The summed E-state index contributed by atoms with van der Waals surface area (Å²) in [7, 11) is 3.41. The van der Waals surface area contributed by atoms with Gasteiger partial charge in [0.1, 0.15) is 6.73 Å². The number of benzene rings is 1. The summed E-state index contributed by atoms with van der Waals surface area (Å²) in [4.78, 5) is 19.3. The molecule has 0 bridgehead atoms. The number of methoxy groups -OCH3 is 1. The first kappa shape index (κ1) is 16.1. The van der Waals surface area contributed by atoms with E-state index in [1.54, 1.807) is 19.1 Å². The summed E-state index contributed by atoms with van der Waals surface area (Å²) in [6, 6.07) is 6.15. The van der Waals surface area contributed by atoms with E-state index in [2.05, 4.69) is 15.9 Å². The van der Waals surface area contributed by atoms with Gasteiger partial charge >= 0.3 is 0 Å². The molecule has 5 heteroatoms. The third kappa shape index (κ3) is 3.29. The minimum atomic E-state index is 0.0368. The van der Waals surface area contributed by atoms with Crippen LogP contribution in [0.15, 0.2) is 18.2 Å². The van der Waals surface area contributed by atoms with E-state index in [0.29, 0.717) is 6.73 Å². The maximum absolute atomic E-state index is 12.9. The van der Waals surface area contributed by atoms with Gasteiger partial charge in [0, 0.05) is 40.3 Å². The molecule has 0 radical (unpaired) electrons. The van der Waals surface area contributed by atoms with Gasteiger partial charge in [-0.3, -0.25) is 4.79 Å². The van der Waals surface area contributed by atoms with E-state index in [-0.39, 0.29) is 5.91 Å². The SMILES string of the molecule is COCN(C)C(=O)c1cccc(N2CCCC2)c1N1CCCC1. The summed E-state index contributed by atoms with van der Waals surface area (Å²) in [5.41, 5.74) is 3.15. The molecule has 2 aliphatic rings. The predicted octanol–water partition coefficient (Wildman–Crippen LogP) is 2.56. The molecule has 0 aromatic heterocycles. The van der Waals surface area contributed by atoms with Gasteiger partial charge in [-0.1, -0.05) is 6.07 Å². The van der Waals surface area contributed by atoms with Crippen LogP contribution in [0.4, 0.5) is 11.4 Å². The number of carbonyl (C=O) groups excluding carboxylic acids is 1. The lowest BCUT2D eigenvalue weighted by Gasteiger charge is -2.30. The van der Waals surface area contributed by atoms with Crippen molar-refractivity contribution in [2.75, 3.05) is 56.9 Å². The number of anilines is 2. The number of hydrogen-bond acceptors (Lipinski definition) is 4. The molecule has 2 aliphatic heterocycles. The van der Waals surface area contributed by atoms with Crippen LogP contribution in [0.3, 0.4) is 0 Å². The molecule has 5 nitrogen and oxygen atoms in total. The van der Waals surface area contributed by atoms with E-state index in [1.807, 2.05) is 12.1 Å². The number of rotatable bonds is 5. The second-order valence-electron chi connectivity index (χ2n) is 6.48. The number of carbonyl (C=O) groups is 1. The Balaban J connectivity index is 2.00. The number of ether oxygens (including phenoxy) is 1. The Bertz CT molecular complexity index is 549. The fraction of sp³-hybridized carbons (Fsp3) is 0.611. The monoisotopic (exact) mass is 317 g/mol. The van der Waals surface area contributed by atoms with Crippen LogP contribution in [0.2, 0.25) is 0 Å². The van der Waals surface area contributed by atoms with Crippen LogP contribution in [0.25, 0.3) is 0 Å². The van der Waals surface area contributed by atoms with Crippen LogP contribution in [-0.4, -0.2) is 57.9 Å². The molecule has 3 rings (SSSR count). The molecule has 126 valence electrons. The maximum Gasteiger partial charge on any atom is 0.257 e. The first-order valence-corrected chi connectivity index (χ1v) is 8.59. The highest BCUT2D eigenvalue weighted by Crippen LogP contribution is 2.37. The summed E-state index contributed by atoms with van der Waals surface area (Å²) in [5, 5.41) is 0. The molecule has 2 saturated heterocycles.